The first-order chi connectivity index (χ1) is 15.7. The lowest BCUT2D eigenvalue weighted by atomic mass is 9.57. The molecule has 12 heteroatoms. The molecule has 2 aliphatic carbocycles. The summed E-state index contributed by atoms with van der Waals surface area (Å²) in [4.78, 5) is 32.1. The molecule has 4 heterocycles. The summed E-state index contributed by atoms with van der Waals surface area (Å²) in [5, 5.41) is 6.53. The molecule has 2 atom stereocenters. The minimum absolute atomic E-state index is 0.00854. The lowest BCUT2D eigenvalue weighted by Crippen LogP contribution is -2.68. The van der Waals surface area contributed by atoms with Crippen molar-refractivity contribution in [3.63, 3.8) is 0 Å². The molecule has 5 fully saturated rings. The van der Waals surface area contributed by atoms with Gasteiger partial charge in [0, 0.05) is 38.0 Å². The zero-order valence-corrected chi connectivity index (χ0v) is 18.1. The molecule has 6 rings (SSSR count). The van der Waals surface area contributed by atoms with Crippen molar-refractivity contribution in [2.24, 2.45) is 11.3 Å². The average molecular weight is 469 g/mol. The van der Waals surface area contributed by atoms with E-state index in [1.807, 2.05) is 4.90 Å². The number of nitrogens with one attached hydrogen (secondary N) is 1. The van der Waals surface area contributed by atoms with Gasteiger partial charge in [-0.2, -0.15) is 18.2 Å². The lowest BCUT2D eigenvalue weighted by molar-refractivity contribution is -0.162. The van der Waals surface area contributed by atoms with E-state index in [0.717, 1.165) is 12.8 Å². The van der Waals surface area contributed by atoms with Gasteiger partial charge in [0.15, 0.2) is 5.82 Å². The summed E-state index contributed by atoms with van der Waals surface area (Å²) in [7, 11) is 0. The van der Waals surface area contributed by atoms with E-state index in [0.29, 0.717) is 39.0 Å². The van der Waals surface area contributed by atoms with Gasteiger partial charge < -0.3 is 24.4 Å². The van der Waals surface area contributed by atoms with Crippen LogP contribution in [0.1, 0.15) is 43.8 Å². The monoisotopic (exact) mass is 469 g/mol. The van der Waals surface area contributed by atoms with Crippen LogP contribution in [0.15, 0.2) is 4.52 Å². The zero-order valence-electron chi connectivity index (χ0n) is 18.1. The van der Waals surface area contributed by atoms with Crippen molar-refractivity contribution >= 4 is 11.9 Å². The summed E-state index contributed by atoms with van der Waals surface area (Å²) in [6, 6.07) is -0.163. The highest BCUT2D eigenvalue weighted by molar-refractivity contribution is 5.79. The average Bonchev–Trinajstić information content (AvgIpc) is 3.41. The molecule has 1 aromatic heterocycles. The molecule has 0 unspecified atom stereocenters. The molecule has 9 nitrogen and oxygen atoms in total. The first-order valence-corrected chi connectivity index (χ1v) is 11.5. The molecule has 1 aromatic rings. The summed E-state index contributed by atoms with van der Waals surface area (Å²) in [5.74, 6) is 0.171. The molecular weight excluding hydrogens is 443 g/mol. The summed E-state index contributed by atoms with van der Waals surface area (Å²) in [5.41, 5.74) is -1.82. The van der Waals surface area contributed by atoms with Gasteiger partial charge in [0.05, 0.1) is 12.1 Å². The SMILES string of the molecule is O=C1CO[C@H]2CCN(C(=O)N3CC4(CC(Cc5nc(C6(C(F)(F)F)CC6)no5)C4)C3)C[C@H]2N1. The first kappa shape index (κ1) is 21.2. The number of likely N-dealkylation sites (tertiary alicyclic amines) is 2. The first-order valence-electron chi connectivity index (χ1n) is 11.5. The van der Waals surface area contributed by atoms with E-state index < -0.39 is 11.6 Å². The second kappa shape index (κ2) is 7.07. The van der Waals surface area contributed by atoms with Crippen LogP contribution in [0.25, 0.3) is 0 Å². The van der Waals surface area contributed by atoms with Gasteiger partial charge in [-0.1, -0.05) is 5.16 Å². The van der Waals surface area contributed by atoms with Crippen LogP contribution in [0, 0.1) is 11.3 Å². The van der Waals surface area contributed by atoms with Crippen molar-refractivity contribution in [3.8, 4) is 0 Å². The zero-order chi connectivity index (χ0) is 23.0. The van der Waals surface area contributed by atoms with Crippen molar-refractivity contribution in [1.82, 2.24) is 25.3 Å². The smallest absolute Gasteiger partial charge is 0.366 e. The Morgan fingerprint density at radius 1 is 1.21 bits per heavy atom. The molecule has 180 valence electrons. The topological polar surface area (TPSA) is 101 Å². The third-order valence-electron chi connectivity index (χ3n) is 8.01. The van der Waals surface area contributed by atoms with Gasteiger partial charge in [0.2, 0.25) is 11.8 Å². The van der Waals surface area contributed by atoms with E-state index >= 15 is 0 Å². The second-order valence-electron chi connectivity index (χ2n) is 10.5. The number of piperidine rings is 1. The van der Waals surface area contributed by atoms with Crippen LogP contribution < -0.4 is 5.32 Å². The summed E-state index contributed by atoms with van der Waals surface area (Å²) < 4.78 is 50.4. The Kier molecular flexibility index (Phi) is 4.54. The molecule has 0 radical (unpaired) electrons. The fraction of sp³-hybridized carbons (Fsp3) is 0.810. The maximum Gasteiger partial charge on any atom is 0.401 e. The second-order valence-corrected chi connectivity index (χ2v) is 10.5. The quantitative estimate of drug-likeness (QED) is 0.722. The predicted octanol–water partition coefficient (Wildman–Crippen LogP) is 1.63. The molecule has 1 spiro atoms. The van der Waals surface area contributed by atoms with Crippen molar-refractivity contribution in [1.29, 1.82) is 0 Å². The number of carbonyl (C=O) groups excluding carboxylic acids is 2. The Balaban J connectivity index is 0.979. The number of halogens is 3. The number of hydrogen-bond donors (Lipinski definition) is 1. The van der Waals surface area contributed by atoms with E-state index in [4.69, 9.17) is 9.26 Å². The van der Waals surface area contributed by atoms with Crippen molar-refractivity contribution in [2.45, 2.75) is 62.3 Å². The van der Waals surface area contributed by atoms with Gasteiger partial charge in [-0.15, -0.1) is 0 Å². The van der Waals surface area contributed by atoms with E-state index in [-0.39, 0.29) is 66.6 Å². The predicted molar refractivity (Wildman–Crippen MR) is 105 cm³/mol. The normalized spacial score (nSPS) is 30.3. The standard InChI is InChI=1S/C21H26F3N5O4/c22-21(23,24)20(2-3-20)17-26-16(33-27-17)5-12-6-19(7-12)10-29(11-19)18(31)28-4-1-14-13(8-28)25-15(30)9-32-14/h12-14H,1-11H2,(H,25,30)/t13-,14+/m1/s1. The van der Waals surface area contributed by atoms with E-state index in [1.165, 1.54) is 0 Å². The largest absolute Gasteiger partial charge is 0.401 e. The van der Waals surface area contributed by atoms with Crippen molar-refractivity contribution in [2.75, 3.05) is 32.8 Å². The van der Waals surface area contributed by atoms with Crippen molar-refractivity contribution in [3.05, 3.63) is 11.7 Å². The number of hydrogen-bond acceptors (Lipinski definition) is 6. The summed E-state index contributed by atoms with van der Waals surface area (Å²) in [6.07, 6.45) is -1.36. The van der Waals surface area contributed by atoms with Gasteiger partial charge in [-0.05, 0) is 38.0 Å². The fourth-order valence-corrected chi connectivity index (χ4v) is 6.08. The Morgan fingerprint density at radius 2 is 1.97 bits per heavy atom. The van der Waals surface area contributed by atoms with Gasteiger partial charge in [-0.3, -0.25) is 4.79 Å². The van der Waals surface area contributed by atoms with E-state index in [1.54, 1.807) is 4.90 Å². The third-order valence-corrected chi connectivity index (χ3v) is 8.01. The Labute approximate surface area is 188 Å². The number of carbonyl (C=O) groups is 2. The van der Waals surface area contributed by atoms with E-state index in [9.17, 15) is 22.8 Å². The number of urea groups is 1. The highest BCUT2D eigenvalue weighted by Gasteiger charge is 2.67. The maximum absolute atomic E-state index is 13.2. The molecule has 33 heavy (non-hydrogen) atoms. The number of fused-ring (bicyclic) bond motifs is 1. The molecule has 5 aliphatic rings. The minimum atomic E-state index is -4.35. The number of amides is 3. The molecule has 0 bridgehead atoms. The highest BCUT2D eigenvalue weighted by Crippen LogP contribution is 2.58. The number of rotatable bonds is 3. The molecule has 2 saturated carbocycles. The van der Waals surface area contributed by atoms with Gasteiger partial charge in [0.25, 0.3) is 0 Å². The van der Waals surface area contributed by atoms with Gasteiger partial charge >= 0.3 is 12.2 Å². The maximum atomic E-state index is 13.2. The number of morpholine rings is 1. The van der Waals surface area contributed by atoms with Crippen LogP contribution in [-0.4, -0.2) is 83.0 Å². The Morgan fingerprint density at radius 3 is 2.67 bits per heavy atom. The van der Waals surface area contributed by atoms with Gasteiger partial charge in [-0.25, -0.2) is 4.79 Å². The number of aromatic nitrogens is 2. The molecule has 3 amide bonds. The Hall–Kier alpha value is -2.37. The van der Waals surface area contributed by atoms with E-state index in [2.05, 4.69) is 15.5 Å². The van der Waals surface area contributed by atoms with Crippen LogP contribution in [0.5, 0.6) is 0 Å². The number of alkyl halides is 3. The summed E-state index contributed by atoms with van der Waals surface area (Å²) >= 11 is 0. The van der Waals surface area contributed by atoms with Crippen LogP contribution in [-0.2, 0) is 21.4 Å². The molecule has 3 aliphatic heterocycles. The van der Waals surface area contributed by atoms with Crippen LogP contribution in [0.4, 0.5) is 18.0 Å². The Bertz CT molecular complexity index is 963. The fourth-order valence-electron chi connectivity index (χ4n) is 6.08. The minimum Gasteiger partial charge on any atom is -0.366 e. The molecular formula is C21H26F3N5O4. The number of ether oxygens (including phenoxy) is 1. The van der Waals surface area contributed by atoms with Crippen LogP contribution in [0.3, 0.4) is 0 Å². The molecule has 0 aromatic carbocycles. The van der Waals surface area contributed by atoms with Crippen molar-refractivity contribution < 1.29 is 32.0 Å². The number of nitrogens with zero attached hydrogens (tertiary/aromatic N) is 4. The lowest BCUT2D eigenvalue weighted by Gasteiger charge is -2.59. The molecule has 3 saturated heterocycles. The van der Waals surface area contributed by atoms with Gasteiger partial charge in [0.1, 0.15) is 12.0 Å². The summed E-state index contributed by atoms with van der Waals surface area (Å²) in [6.45, 7) is 2.52. The highest BCUT2D eigenvalue weighted by atomic mass is 19.4. The van der Waals surface area contributed by atoms with Crippen LogP contribution >= 0.6 is 0 Å². The third kappa shape index (κ3) is 3.48. The molecule has 1 N–H and O–H groups in total. The van der Waals surface area contributed by atoms with Crippen LogP contribution in [0.2, 0.25) is 0 Å².